The molecule has 1 N–H and O–H groups in total. The van der Waals surface area contributed by atoms with Crippen LogP contribution in [0, 0.1) is 0 Å². The second kappa shape index (κ2) is 5.70. The van der Waals surface area contributed by atoms with E-state index in [1.165, 1.54) is 24.3 Å². The Morgan fingerprint density at radius 3 is 2.26 bits per heavy atom. The van der Waals surface area contributed by atoms with Gasteiger partial charge in [-0.2, -0.15) is 0 Å². The summed E-state index contributed by atoms with van der Waals surface area (Å²) in [7, 11) is 0. The number of hydrogen-bond donors (Lipinski definition) is 1. The molecule has 0 spiro atoms. The quantitative estimate of drug-likeness (QED) is 0.797. The first-order valence-electron chi connectivity index (χ1n) is 5.13. The Hall–Kier alpha value is -1.42. The van der Waals surface area contributed by atoms with Gasteiger partial charge in [-0.25, -0.2) is 4.79 Å². The van der Waals surface area contributed by atoms with Gasteiger partial charge in [-0.15, -0.1) is 0 Å². The van der Waals surface area contributed by atoms with Gasteiger partial charge in [-0.05, 0) is 18.2 Å². The Morgan fingerprint density at radius 2 is 1.58 bits per heavy atom. The lowest BCUT2D eigenvalue weighted by molar-refractivity contribution is 0.0694. The molecule has 0 aliphatic rings. The number of ether oxygens (including phenoxy) is 1. The van der Waals surface area contributed by atoms with Gasteiger partial charge in [0.1, 0.15) is 17.1 Å². The Bertz CT molecular complexity index is 641. The molecule has 0 unspecified atom stereocenters. The highest BCUT2D eigenvalue weighted by Gasteiger charge is 2.13. The first-order chi connectivity index (χ1) is 8.99. The van der Waals surface area contributed by atoms with E-state index < -0.39 is 5.97 Å². The number of benzene rings is 2. The van der Waals surface area contributed by atoms with Crippen molar-refractivity contribution in [3.63, 3.8) is 0 Å². The normalized spacial score (nSPS) is 10.3. The molecule has 0 bridgehead atoms. The Balaban J connectivity index is 2.42. The molecule has 6 heteroatoms. The van der Waals surface area contributed by atoms with Crippen molar-refractivity contribution in [2.24, 2.45) is 0 Å². The number of carbonyl (C=O) groups is 1. The smallest absolute Gasteiger partial charge is 0.339 e. The average molecular weight is 318 g/mol. The van der Waals surface area contributed by atoms with Crippen LogP contribution in [0.2, 0.25) is 15.1 Å². The molecule has 0 saturated heterocycles. The van der Waals surface area contributed by atoms with Crippen LogP contribution in [0.4, 0.5) is 0 Å². The maximum Gasteiger partial charge on any atom is 0.339 e. The zero-order chi connectivity index (χ0) is 14.0. The SMILES string of the molecule is O=C(O)c1ccccc1Oc1cc(Cl)c(Cl)cc1Cl. The highest BCUT2D eigenvalue weighted by atomic mass is 35.5. The molecule has 19 heavy (non-hydrogen) atoms. The molecule has 0 radical (unpaired) electrons. The fourth-order valence-corrected chi connectivity index (χ4v) is 2.01. The first kappa shape index (κ1) is 14.0. The summed E-state index contributed by atoms with van der Waals surface area (Å²) in [5.74, 6) is -0.674. The third-order valence-electron chi connectivity index (χ3n) is 2.31. The van der Waals surface area contributed by atoms with E-state index >= 15 is 0 Å². The molecule has 0 heterocycles. The van der Waals surface area contributed by atoms with E-state index in [4.69, 9.17) is 44.6 Å². The van der Waals surface area contributed by atoms with Crippen molar-refractivity contribution >= 4 is 40.8 Å². The molecular weight excluding hydrogens is 310 g/mol. The van der Waals surface area contributed by atoms with Gasteiger partial charge < -0.3 is 9.84 Å². The Kier molecular flexibility index (Phi) is 4.20. The van der Waals surface area contributed by atoms with Crippen LogP contribution in [0.1, 0.15) is 10.4 Å². The highest BCUT2D eigenvalue weighted by Crippen LogP contribution is 2.37. The zero-order valence-electron chi connectivity index (χ0n) is 9.36. The second-order valence-corrected chi connectivity index (χ2v) is 4.82. The van der Waals surface area contributed by atoms with E-state index in [1.807, 2.05) is 0 Å². The number of carboxylic acid groups (broad SMARTS) is 1. The molecule has 0 aliphatic heterocycles. The first-order valence-corrected chi connectivity index (χ1v) is 6.27. The molecule has 0 aromatic heterocycles. The van der Waals surface area contributed by atoms with E-state index in [9.17, 15) is 4.79 Å². The summed E-state index contributed by atoms with van der Waals surface area (Å²) in [4.78, 5) is 11.1. The summed E-state index contributed by atoms with van der Waals surface area (Å²) in [5, 5.41) is 9.87. The summed E-state index contributed by atoms with van der Waals surface area (Å²) in [6, 6.07) is 9.10. The van der Waals surface area contributed by atoms with E-state index in [-0.39, 0.29) is 27.1 Å². The van der Waals surface area contributed by atoms with Crippen LogP contribution in [0.5, 0.6) is 11.5 Å². The minimum absolute atomic E-state index is 0.0321. The lowest BCUT2D eigenvalue weighted by Gasteiger charge is -2.10. The van der Waals surface area contributed by atoms with Gasteiger partial charge in [0.25, 0.3) is 0 Å². The number of carboxylic acids is 1. The van der Waals surface area contributed by atoms with Gasteiger partial charge in [-0.1, -0.05) is 46.9 Å². The zero-order valence-corrected chi connectivity index (χ0v) is 11.6. The summed E-state index contributed by atoms with van der Waals surface area (Å²) >= 11 is 17.6. The molecule has 98 valence electrons. The van der Waals surface area contributed by atoms with Crippen molar-refractivity contribution in [2.75, 3.05) is 0 Å². The van der Waals surface area contributed by atoms with Crippen LogP contribution in [-0.4, -0.2) is 11.1 Å². The fourth-order valence-electron chi connectivity index (χ4n) is 1.43. The fraction of sp³-hybridized carbons (Fsp3) is 0. The van der Waals surface area contributed by atoms with E-state index in [1.54, 1.807) is 12.1 Å². The number of para-hydroxylation sites is 1. The van der Waals surface area contributed by atoms with Crippen molar-refractivity contribution in [2.45, 2.75) is 0 Å². The molecule has 0 aliphatic carbocycles. The molecular formula is C13H7Cl3O3. The Morgan fingerprint density at radius 1 is 0.947 bits per heavy atom. The minimum Gasteiger partial charge on any atom is -0.478 e. The molecule has 0 amide bonds. The van der Waals surface area contributed by atoms with Crippen LogP contribution in [0.15, 0.2) is 36.4 Å². The van der Waals surface area contributed by atoms with Crippen LogP contribution >= 0.6 is 34.8 Å². The van der Waals surface area contributed by atoms with Crippen molar-refractivity contribution in [3.8, 4) is 11.5 Å². The highest BCUT2D eigenvalue weighted by molar-refractivity contribution is 6.43. The number of halogens is 3. The molecule has 2 aromatic carbocycles. The van der Waals surface area contributed by atoms with E-state index in [0.717, 1.165) is 0 Å². The van der Waals surface area contributed by atoms with E-state index in [0.29, 0.717) is 5.02 Å². The number of hydrogen-bond acceptors (Lipinski definition) is 2. The average Bonchev–Trinajstić information content (AvgIpc) is 2.36. The van der Waals surface area contributed by atoms with Gasteiger partial charge in [0, 0.05) is 6.07 Å². The molecule has 0 fully saturated rings. The van der Waals surface area contributed by atoms with Gasteiger partial charge in [-0.3, -0.25) is 0 Å². The molecule has 2 rings (SSSR count). The third kappa shape index (κ3) is 3.13. The van der Waals surface area contributed by atoms with Crippen LogP contribution in [0.25, 0.3) is 0 Å². The predicted octanol–water partition coefficient (Wildman–Crippen LogP) is 5.14. The topological polar surface area (TPSA) is 46.5 Å². The molecule has 3 nitrogen and oxygen atoms in total. The number of aromatic carboxylic acids is 1. The van der Waals surface area contributed by atoms with Crippen molar-refractivity contribution in [1.82, 2.24) is 0 Å². The number of rotatable bonds is 3. The van der Waals surface area contributed by atoms with Gasteiger partial charge >= 0.3 is 5.97 Å². The summed E-state index contributed by atoms with van der Waals surface area (Å²) in [6.07, 6.45) is 0. The molecule has 0 atom stereocenters. The summed E-state index contributed by atoms with van der Waals surface area (Å²) in [6.45, 7) is 0. The lowest BCUT2D eigenvalue weighted by atomic mass is 10.2. The summed E-state index contributed by atoms with van der Waals surface area (Å²) < 4.78 is 5.48. The third-order valence-corrected chi connectivity index (χ3v) is 3.33. The lowest BCUT2D eigenvalue weighted by Crippen LogP contribution is -1.99. The molecule has 0 saturated carbocycles. The van der Waals surface area contributed by atoms with Gasteiger partial charge in [0.05, 0.1) is 15.1 Å². The monoisotopic (exact) mass is 316 g/mol. The van der Waals surface area contributed by atoms with E-state index in [2.05, 4.69) is 0 Å². The Labute approximate surface area is 124 Å². The van der Waals surface area contributed by atoms with Crippen LogP contribution < -0.4 is 4.74 Å². The maximum absolute atomic E-state index is 11.1. The standard InChI is InChI=1S/C13H7Cl3O3/c14-8-5-10(16)12(6-9(8)15)19-11-4-2-1-3-7(11)13(17)18/h1-6H,(H,17,18). The minimum atomic E-state index is -1.09. The van der Waals surface area contributed by atoms with Crippen molar-refractivity contribution in [3.05, 3.63) is 57.0 Å². The maximum atomic E-state index is 11.1. The van der Waals surface area contributed by atoms with Crippen molar-refractivity contribution < 1.29 is 14.6 Å². The second-order valence-electron chi connectivity index (χ2n) is 3.60. The molecule has 2 aromatic rings. The van der Waals surface area contributed by atoms with Crippen molar-refractivity contribution in [1.29, 1.82) is 0 Å². The largest absolute Gasteiger partial charge is 0.478 e. The van der Waals surface area contributed by atoms with Crippen LogP contribution in [-0.2, 0) is 0 Å². The summed E-state index contributed by atoms with van der Waals surface area (Å²) in [5.41, 5.74) is 0.0321. The van der Waals surface area contributed by atoms with Gasteiger partial charge in [0.2, 0.25) is 0 Å². The van der Waals surface area contributed by atoms with Gasteiger partial charge in [0.15, 0.2) is 0 Å². The van der Waals surface area contributed by atoms with Crippen LogP contribution in [0.3, 0.4) is 0 Å². The predicted molar refractivity (Wildman–Crippen MR) is 74.9 cm³/mol.